The molecular weight excluding hydrogens is 320 g/mol. The number of alkyl halides is 6. The first kappa shape index (κ1) is 17.3. The Morgan fingerprint density at radius 3 is 1.87 bits per heavy atom. The highest BCUT2D eigenvalue weighted by Crippen LogP contribution is 2.42. The normalized spacial score (nSPS) is 12.5. The maximum atomic E-state index is 13.2. The second-order valence-electron chi connectivity index (χ2n) is 4.96. The molecule has 2 N–H and O–H groups in total. The molecule has 0 aliphatic carbocycles. The van der Waals surface area contributed by atoms with Crippen LogP contribution in [-0.4, -0.2) is 6.54 Å². The summed E-state index contributed by atoms with van der Waals surface area (Å²) in [6.45, 7) is 0.186. The predicted octanol–water partition coefficient (Wildman–Crippen LogP) is 4.89. The third-order valence-electron chi connectivity index (χ3n) is 3.35. The van der Waals surface area contributed by atoms with Gasteiger partial charge in [0.1, 0.15) is 0 Å². The smallest absolute Gasteiger partial charge is 0.330 e. The molecule has 0 heterocycles. The van der Waals surface area contributed by atoms with Crippen LogP contribution in [0, 0.1) is 0 Å². The number of halogens is 6. The molecule has 2 aromatic rings. The zero-order valence-corrected chi connectivity index (χ0v) is 11.8. The molecule has 0 radical (unpaired) electrons. The zero-order chi connectivity index (χ0) is 17.3. The second kappa shape index (κ2) is 6.23. The molecular formula is C16H13F6N. The minimum Gasteiger partial charge on any atom is -0.330 e. The lowest BCUT2D eigenvalue weighted by Crippen LogP contribution is -2.12. The monoisotopic (exact) mass is 333 g/mol. The Hall–Kier alpha value is -2.02. The van der Waals surface area contributed by atoms with E-state index in [4.69, 9.17) is 5.73 Å². The lowest BCUT2D eigenvalue weighted by atomic mass is 9.92. The van der Waals surface area contributed by atoms with E-state index in [1.807, 2.05) is 0 Å². The molecule has 0 unspecified atom stereocenters. The number of hydrogen-bond acceptors (Lipinski definition) is 1. The van der Waals surface area contributed by atoms with Crippen molar-refractivity contribution in [1.29, 1.82) is 0 Å². The van der Waals surface area contributed by atoms with Gasteiger partial charge in [-0.1, -0.05) is 30.3 Å². The van der Waals surface area contributed by atoms with Crippen LogP contribution in [0.5, 0.6) is 0 Å². The average Bonchev–Trinajstić information content (AvgIpc) is 2.45. The van der Waals surface area contributed by atoms with Crippen LogP contribution in [-0.2, 0) is 18.8 Å². The van der Waals surface area contributed by atoms with E-state index >= 15 is 0 Å². The Balaban J connectivity index is 2.73. The fourth-order valence-electron chi connectivity index (χ4n) is 2.35. The second-order valence-corrected chi connectivity index (χ2v) is 4.96. The van der Waals surface area contributed by atoms with Crippen molar-refractivity contribution in [1.82, 2.24) is 0 Å². The van der Waals surface area contributed by atoms with E-state index in [0.717, 1.165) is 30.3 Å². The van der Waals surface area contributed by atoms with Crippen LogP contribution in [0.25, 0.3) is 11.1 Å². The summed E-state index contributed by atoms with van der Waals surface area (Å²) in [7, 11) is 0. The van der Waals surface area contributed by atoms with Gasteiger partial charge in [0.25, 0.3) is 0 Å². The molecule has 0 saturated heterocycles. The van der Waals surface area contributed by atoms with Crippen molar-refractivity contribution < 1.29 is 26.3 Å². The van der Waals surface area contributed by atoms with Gasteiger partial charge in [0.15, 0.2) is 0 Å². The maximum absolute atomic E-state index is 13.2. The van der Waals surface area contributed by atoms with Gasteiger partial charge in [0, 0.05) is 0 Å². The van der Waals surface area contributed by atoms with Gasteiger partial charge in [-0.3, -0.25) is 0 Å². The Morgan fingerprint density at radius 1 is 0.739 bits per heavy atom. The molecule has 0 aromatic heterocycles. The first-order valence-corrected chi connectivity index (χ1v) is 6.71. The highest BCUT2D eigenvalue weighted by Gasteiger charge is 2.38. The first-order chi connectivity index (χ1) is 10.6. The van der Waals surface area contributed by atoms with Crippen LogP contribution >= 0.6 is 0 Å². The molecule has 0 aliphatic rings. The van der Waals surface area contributed by atoms with Gasteiger partial charge in [-0.25, -0.2) is 0 Å². The Bertz CT molecular complexity index is 688. The summed E-state index contributed by atoms with van der Waals surface area (Å²) in [4.78, 5) is 0. The Labute approximate surface area is 128 Å². The molecule has 0 fully saturated rings. The average molecular weight is 333 g/mol. The third kappa shape index (κ3) is 3.85. The number of nitrogens with two attached hydrogens (primary N) is 1. The molecule has 0 amide bonds. The lowest BCUT2D eigenvalue weighted by molar-refractivity contribution is -0.139. The standard InChI is InChI=1S/C16H13F6N/c17-15(18,19)13-4-2-1-3-11(13)12-9-10(7-8-23)5-6-14(12)16(20,21)22/h1-6,9H,7-8,23H2. The van der Waals surface area contributed by atoms with Gasteiger partial charge in [0.2, 0.25) is 0 Å². The molecule has 0 saturated carbocycles. The highest BCUT2D eigenvalue weighted by molar-refractivity contribution is 5.72. The van der Waals surface area contributed by atoms with Crippen molar-refractivity contribution >= 4 is 0 Å². The van der Waals surface area contributed by atoms with Gasteiger partial charge >= 0.3 is 12.4 Å². The van der Waals surface area contributed by atoms with Gasteiger partial charge in [-0.05, 0) is 41.8 Å². The van der Waals surface area contributed by atoms with E-state index in [9.17, 15) is 26.3 Å². The summed E-state index contributed by atoms with van der Waals surface area (Å²) >= 11 is 0. The molecule has 2 rings (SSSR count). The van der Waals surface area contributed by atoms with Gasteiger partial charge in [-0.15, -0.1) is 0 Å². The van der Waals surface area contributed by atoms with Gasteiger partial charge in [0.05, 0.1) is 11.1 Å². The molecule has 0 atom stereocenters. The van der Waals surface area contributed by atoms with Gasteiger partial charge in [-0.2, -0.15) is 26.3 Å². The van der Waals surface area contributed by atoms with E-state index in [1.54, 1.807) is 0 Å². The van der Waals surface area contributed by atoms with Crippen LogP contribution in [0.15, 0.2) is 42.5 Å². The number of hydrogen-bond donors (Lipinski definition) is 1. The lowest BCUT2D eigenvalue weighted by Gasteiger charge is -2.18. The zero-order valence-electron chi connectivity index (χ0n) is 11.8. The van der Waals surface area contributed by atoms with Crippen molar-refractivity contribution in [2.45, 2.75) is 18.8 Å². The minimum absolute atomic E-state index is 0.186. The summed E-state index contributed by atoms with van der Waals surface area (Å²) in [6.07, 6.45) is -9.22. The molecule has 124 valence electrons. The van der Waals surface area contributed by atoms with Crippen LogP contribution < -0.4 is 5.73 Å². The summed E-state index contributed by atoms with van der Waals surface area (Å²) < 4.78 is 78.9. The van der Waals surface area contributed by atoms with Gasteiger partial charge < -0.3 is 5.73 Å². The summed E-state index contributed by atoms with van der Waals surface area (Å²) in [5.41, 5.74) is 2.63. The quantitative estimate of drug-likeness (QED) is 0.795. The van der Waals surface area contributed by atoms with Crippen molar-refractivity contribution in [3.05, 3.63) is 59.2 Å². The number of rotatable bonds is 3. The van der Waals surface area contributed by atoms with E-state index in [-0.39, 0.29) is 13.0 Å². The maximum Gasteiger partial charge on any atom is 0.417 e. The summed E-state index contributed by atoms with van der Waals surface area (Å²) in [6, 6.07) is 7.39. The fraction of sp³-hybridized carbons (Fsp3) is 0.250. The van der Waals surface area contributed by atoms with E-state index in [1.165, 1.54) is 12.1 Å². The molecule has 0 bridgehead atoms. The highest BCUT2D eigenvalue weighted by atomic mass is 19.4. The molecule has 0 spiro atoms. The van der Waals surface area contributed by atoms with Crippen LogP contribution in [0.3, 0.4) is 0 Å². The SMILES string of the molecule is NCCc1ccc(C(F)(F)F)c(-c2ccccc2C(F)(F)F)c1. The fourth-order valence-corrected chi connectivity index (χ4v) is 2.35. The summed E-state index contributed by atoms with van der Waals surface area (Å²) in [5, 5.41) is 0. The van der Waals surface area contributed by atoms with Crippen molar-refractivity contribution in [2.75, 3.05) is 6.54 Å². The predicted molar refractivity (Wildman–Crippen MR) is 74.6 cm³/mol. The molecule has 2 aromatic carbocycles. The van der Waals surface area contributed by atoms with Crippen LogP contribution in [0.1, 0.15) is 16.7 Å². The molecule has 23 heavy (non-hydrogen) atoms. The van der Waals surface area contributed by atoms with E-state index in [2.05, 4.69) is 0 Å². The topological polar surface area (TPSA) is 26.0 Å². The third-order valence-corrected chi connectivity index (χ3v) is 3.35. The van der Waals surface area contributed by atoms with Crippen LogP contribution in [0.4, 0.5) is 26.3 Å². The number of benzene rings is 2. The van der Waals surface area contributed by atoms with Crippen LogP contribution in [0.2, 0.25) is 0 Å². The summed E-state index contributed by atoms with van der Waals surface area (Å²) in [5.74, 6) is 0. The van der Waals surface area contributed by atoms with Crippen molar-refractivity contribution in [2.24, 2.45) is 5.73 Å². The van der Waals surface area contributed by atoms with Crippen molar-refractivity contribution in [3.63, 3.8) is 0 Å². The Morgan fingerprint density at radius 2 is 1.30 bits per heavy atom. The molecule has 1 nitrogen and oxygen atoms in total. The molecule has 7 heteroatoms. The van der Waals surface area contributed by atoms with E-state index < -0.39 is 34.6 Å². The largest absolute Gasteiger partial charge is 0.417 e. The first-order valence-electron chi connectivity index (χ1n) is 6.71. The Kier molecular flexibility index (Phi) is 4.70. The minimum atomic E-state index is -4.75. The van der Waals surface area contributed by atoms with E-state index in [0.29, 0.717) is 5.56 Å². The van der Waals surface area contributed by atoms with Crippen molar-refractivity contribution in [3.8, 4) is 11.1 Å². The molecule has 0 aliphatic heterocycles.